The summed E-state index contributed by atoms with van der Waals surface area (Å²) in [5.41, 5.74) is 2.42. The first kappa shape index (κ1) is 9.71. The fourth-order valence-corrected chi connectivity index (χ4v) is 1.49. The molecule has 0 spiro atoms. The predicted octanol–water partition coefficient (Wildman–Crippen LogP) is 2.37. The van der Waals surface area contributed by atoms with Gasteiger partial charge in [0.2, 0.25) is 11.7 Å². The van der Waals surface area contributed by atoms with E-state index >= 15 is 0 Å². The summed E-state index contributed by atoms with van der Waals surface area (Å²) < 4.78 is 4.90. The number of nitrogens with zero attached hydrogens (tertiary/aromatic N) is 2. The molecule has 1 aromatic heterocycles. The topological polar surface area (TPSA) is 59.2 Å². The Morgan fingerprint density at radius 3 is 2.53 bits per heavy atom. The third kappa shape index (κ3) is 1.58. The molecule has 0 unspecified atom stereocenters. The summed E-state index contributed by atoms with van der Waals surface area (Å²) in [7, 11) is 0. The number of hydrogen-bond donors (Lipinski definition) is 1. The Morgan fingerprint density at radius 2 is 1.93 bits per heavy atom. The highest BCUT2D eigenvalue weighted by atomic mass is 16.5. The molecule has 1 aromatic carbocycles. The van der Waals surface area contributed by atoms with Crippen molar-refractivity contribution in [1.82, 2.24) is 10.1 Å². The van der Waals surface area contributed by atoms with Crippen molar-refractivity contribution in [3.63, 3.8) is 0 Å². The Balaban J connectivity index is 2.59. The zero-order valence-corrected chi connectivity index (χ0v) is 8.90. The van der Waals surface area contributed by atoms with E-state index in [1.165, 1.54) is 0 Å². The molecule has 0 bridgehead atoms. The fraction of sp³-hybridized carbons (Fsp3) is 0.273. The maximum Gasteiger partial charge on any atom is 0.223 e. The standard InChI is InChI=1S/C11H12N2O2/c1-6-4-5-9(7(2)10(6)14)11-12-8(3)15-13-11/h4-5,14H,1-3H3. The van der Waals surface area contributed by atoms with Crippen LogP contribution in [0.3, 0.4) is 0 Å². The molecule has 1 heterocycles. The van der Waals surface area contributed by atoms with Crippen LogP contribution in [0.5, 0.6) is 5.75 Å². The van der Waals surface area contributed by atoms with E-state index in [0.29, 0.717) is 11.7 Å². The third-order valence-electron chi connectivity index (χ3n) is 2.40. The van der Waals surface area contributed by atoms with Gasteiger partial charge in [-0.3, -0.25) is 0 Å². The largest absolute Gasteiger partial charge is 0.507 e. The van der Waals surface area contributed by atoms with Gasteiger partial charge in [0, 0.05) is 18.1 Å². The maximum absolute atomic E-state index is 9.77. The minimum atomic E-state index is 0.287. The van der Waals surface area contributed by atoms with Crippen molar-refractivity contribution in [2.45, 2.75) is 20.8 Å². The highest BCUT2D eigenvalue weighted by Gasteiger charge is 2.12. The van der Waals surface area contributed by atoms with Gasteiger partial charge in [0.05, 0.1) is 0 Å². The summed E-state index contributed by atoms with van der Waals surface area (Å²) in [6.07, 6.45) is 0. The smallest absolute Gasteiger partial charge is 0.223 e. The molecule has 0 aliphatic rings. The summed E-state index contributed by atoms with van der Waals surface area (Å²) in [6.45, 7) is 5.43. The first-order chi connectivity index (χ1) is 7.09. The minimum absolute atomic E-state index is 0.287. The molecular weight excluding hydrogens is 192 g/mol. The molecule has 78 valence electrons. The Morgan fingerprint density at radius 1 is 1.20 bits per heavy atom. The number of benzene rings is 1. The summed E-state index contributed by atoms with van der Waals surface area (Å²) in [5.74, 6) is 1.32. The Labute approximate surface area is 87.6 Å². The normalized spacial score (nSPS) is 10.6. The molecule has 2 aromatic rings. The van der Waals surface area contributed by atoms with E-state index < -0.39 is 0 Å². The number of aromatic hydroxyl groups is 1. The second kappa shape index (κ2) is 3.38. The van der Waals surface area contributed by atoms with Gasteiger partial charge < -0.3 is 9.63 Å². The Bertz CT molecular complexity index is 503. The molecular formula is C11H12N2O2. The van der Waals surface area contributed by atoms with Crippen LogP contribution in [-0.2, 0) is 0 Å². The van der Waals surface area contributed by atoms with Crippen LogP contribution in [0.15, 0.2) is 16.7 Å². The quantitative estimate of drug-likeness (QED) is 0.774. The molecule has 0 saturated heterocycles. The molecule has 0 atom stereocenters. The molecule has 0 fully saturated rings. The number of aryl methyl sites for hydroxylation is 2. The van der Waals surface area contributed by atoms with Crippen molar-refractivity contribution in [2.75, 3.05) is 0 Å². The van der Waals surface area contributed by atoms with Crippen molar-refractivity contribution >= 4 is 0 Å². The van der Waals surface area contributed by atoms with Crippen LogP contribution in [0.1, 0.15) is 17.0 Å². The van der Waals surface area contributed by atoms with E-state index in [-0.39, 0.29) is 5.75 Å². The number of phenolic OH excluding ortho intramolecular Hbond substituents is 1. The van der Waals surface area contributed by atoms with Gasteiger partial charge in [-0.25, -0.2) is 0 Å². The van der Waals surface area contributed by atoms with E-state index in [0.717, 1.165) is 16.7 Å². The van der Waals surface area contributed by atoms with Crippen molar-refractivity contribution in [1.29, 1.82) is 0 Å². The van der Waals surface area contributed by atoms with Crippen LogP contribution in [-0.4, -0.2) is 15.2 Å². The first-order valence-corrected chi connectivity index (χ1v) is 4.69. The van der Waals surface area contributed by atoms with Gasteiger partial charge in [-0.15, -0.1) is 0 Å². The summed E-state index contributed by atoms with van der Waals surface area (Å²) in [5, 5.41) is 13.6. The summed E-state index contributed by atoms with van der Waals surface area (Å²) >= 11 is 0. The monoisotopic (exact) mass is 204 g/mol. The van der Waals surface area contributed by atoms with Gasteiger partial charge in [-0.2, -0.15) is 4.98 Å². The van der Waals surface area contributed by atoms with Gasteiger partial charge >= 0.3 is 0 Å². The van der Waals surface area contributed by atoms with Crippen molar-refractivity contribution < 1.29 is 9.63 Å². The molecule has 0 saturated carbocycles. The fourth-order valence-electron chi connectivity index (χ4n) is 1.49. The average molecular weight is 204 g/mol. The second-order valence-corrected chi connectivity index (χ2v) is 3.54. The minimum Gasteiger partial charge on any atom is -0.507 e. The Hall–Kier alpha value is -1.84. The van der Waals surface area contributed by atoms with Gasteiger partial charge in [-0.1, -0.05) is 17.3 Å². The molecule has 1 N–H and O–H groups in total. The molecule has 15 heavy (non-hydrogen) atoms. The van der Waals surface area contributed by atoms with Gasteiger partial charge in [-0.05, 0) is 19.4 Å². The molecule has 4 nitrogen and oxygen atoms in total. The SMILES string of the molecule is Cc1nc(-c2ccc(C)c(O)c2C)no1. The second-order valence-electron chi connectivity index (χ2n) is 3.54. The van der Waals surface area contributed by atoms with Crippen LogP contribution in [0.2, 0.25) is 0 Å². The molecule has 0 radical (unpaired) electrons. The van der Waals surface area contributed by atoms with Crippen molar-refractivity contribution in [2.24, 2.45) is 0 Å². The number of aromatic nitrogens is 2. The Kier molecular flexibility index (Phi) is 2.19. The van der Waals surface area contributed by atoms with Gasteiger partial charge in [0.25, 0.3) is 0 Å². The van der Waals surface area contributed by atoms with E-state index in [4.69, 9.17) is 4.52 Å². The lowest BCUT2D eigenvalue weighted by Crippen LogP contribution is -1.88. The molecule has 4 heteroatoms. The van der Waals surface area contributed by atoms with Crippen LogP contribution < -0.4 is 0 Å². The lowest BCUT2D eigenvalue weighted by atomic mass is 10.0. The lowest BCUT2D eigenvalue weighted by Gasteiger charge is -2.06. The highest BCUT2D eigenvalue weighted by Crippen LogP contribution is 2.30. The van der Waals surface area contributed by atoms with Crippen LogP contribution >= 0.6 is 0 Å². The van der Waals surface area contributed by atoms with Gasteiger partial charge in [0.15, 0.2) is 0 Å². The summed E-state index contributed by atoms with van der Waals surface area (Å²) in [6, 6.07) is 3.72. The van der Waals surface area contributed by atoms with Crippen LogP contribution in [0.4, 0.5) is 0 Å². The van der Waals surface area contributed by atoms with Crippen molar-refractivity contribution in [3.8, 4) is 17.1 Å². The molecule has 0 aliphatic heterocycles. The van der Waals surface area contributed by atoms with E-state index in [2.05, 4.69) is 10.1 Å². The lowest BCUT2D eigenvalue weighted by molar-refractivity contribution is 0.394. The van der Waals surface area contributed by atoms with Crippen molar-refractivity contribution in [3.05, 3.63) is 29.2 Å². The molecule has 0 amide bonds. The van der Waals surface area contributed by atoms with E-state index in [9.17, 15) is 5.11 Å². The average Bonchev–Trinajstić information content (AvgIpc) is 2.61. The summed E-state index contributed by atoms with van der Waals surface area (Å²) in [4.78, 5) is 4.12. The van der Waals surface area contributed by atoms with Crippen LogP contribution in [0.25, 0.3) is 11.4 Å². The van der Waals surface area contributed by atoms with Crippen LogP contribution in [0, 0.1) is 20.8 Å². The van der Waals surface area contributed by atoms with Gasteiger partial charge in [0.1, 0.15) is 5.75 Å². The van der Waals surface area contributed by atoms with E-state index in [1.54, 1.807) is 6.92 Å². The number of rotatable bonds is 1. The third-order valence-corrected chi connectivity index (χ3v) is 2.40. The molecule has 0 aliphatic carbocycles. The number of phenols is 1. The zero-order valence-electron chi connectivity index (χ0n) is 8.90. The zero-order chi connectivity index (χ0) is 11.0. The first-order valence-electron chi connectivity index (χ1n) is 4.69. The number of hydrogen-bond acceptors (Lipinski definition) is 4. The maximum atomic E-state index is 9.77. The molecule has 2 rings (SSSR count). The van der Waals surface area contributed by atoms with E-state index in [1.807, 2.05) is 26.0 Å². The highest BCUT2D eigenvalue weighted by molar-refractivity contribution is 5.64. The predicted molar refractivity (Wildman–Crippen MR) is 55.6 cm³/mol.